The van der Waals surface area contributed by atoms with Gasteiger partial charge < -0.3 is 9.64 Å². The molecule has 2 rings (SSSR count). The largest absolute Gasteiger partial charge is 0.462 e. The van der Waals surface area contributed by atoms with Crippen molar-refractivity contribution in [3.05, 3.63) is 65.5 Å². The van der Waals surface area contributed by atoms with Gasteiger partial charge in [-0.05, 0) is 31.2 Å². The van der Waals surface area contributed by atoms with E-state index in [9.17, 15) is 61.9 Å². The molecule has 1 aromatic rings. The number of rotatable bonds is 8. The molecule has 17 heteroatoms. The molecule has 0 N–H and O–H groups in total. The monoisotopic (exact) mass is 584 g/mol. The van der Waals surface area contributed by atoms with Gasteiger partial charge in [0.25, 0.3) is 0 Å². The summed E-state index contributed by atoms with van der Waals surface area (Å²) in [5.41, 5.74) is -2.68. The van der Waals surface area contributed by atoms with E-state index < -0.39 is 52.9 Å². The summed E-state index contributed by atoms with van der Waals surface area (Å²) in [5, 5.41) is 9.10. The van der Waals surface area contributed by atoms with E-state index >= 15 is 0 Å². The zero-order valence-corrected chi connectivity index (χ0v) is 19.0. The molecule has 0 radical (unpaired) electrons. The van der Waals surface area contributed by atoms with Crippen molar-refractivity contribution in [2.24, 2.45) is 0 Å². The third-order valence-electron chi connectivity index (χ3n) is 5.17. The molecule has 0 aromatic heterocycles. The van der Waals surface area contributed by atoms with Crippen LogP contribution in [0.25, 0.3) is 0 Å². The second kappa shape index (κ2) is 10.1. The zero-order chi connectivity index (χ0) is 30.2. The minimum atomic E-state index is -7.98. The standard InChI is InChI=1S/C22H13F13N2O2/c1-2-39-16(38)15(11-36)12-7-9-37(10-8-12)14-5-3-13(4-6-14)17(23,24)18(25,26)19(27,28)20(29,30)21(31,32)22(33,34)35/h3-10H,2H2,1H3. The highest BCUT2D eigenvalue weighted by molar-refractivity contribution is 5.95. The molecule has 4 nitrogen and oxygen atoms in total. The van der Waals surface area contributed by atoms with Crippen LogP contribution < -0.4 is 4.90 Å². The van der Waals surface area contributed by atoms with Gasteiger partial charge in [0.05, 0.1) is 6.61 Å². The van der Waals surface area contributed by atoms with Crippen molar-refractivity contribution in [2.45, 2.75) is 42.7 Å². The molecule has 1 aliphatic rings. The van der Waals surface area contributed by atoms with Gasteiger partial charge in [-0.2, -0.15) is 62.3 Å². The van der Waals surface area contributed by atoms with Crippen LogP contribution in [0, 0.1) is 11.3 Å². The summed E-state index contributed by atoms with van der Waals surface area (Å²) in [7, 11) is 0. The van der Waals surface area contributed by atoms with Gasteiger partial charge in [0.15, 0.2) is 0 Å². The van der Waals surface area contributed by atoms with Crippen LogP contribution in [0.5, 0.6) is 0 Å². The summed E-state index contributed by atoms with van der Waals surface area (Å²) in [4.78, 5) is 12.8. The number of alkyl halides is 13. The third-order valence-corrected chi connectivity index (χ3v) is 5.17. The fourth-order valence-corrected chi connectivity index (χ4v) is 2.99. The molecule has 0 saturated carbocycles. The number of ether oxygens (including phenoxy) is 1. The van der Waals surface area contributed by atoms with Crippen LogP contribution in [0.15, 0.2) is 60.0 Å². The molecule has 0 saturated heterocycles. The first kappa shape index (κ1) is 31.5. The van der Waals surface area contributed by atoms with E-state index in [4.69, 9.17) is 5.26 Å². The Labute approximate surface area is 210 Å². The minimum absolute atomic E-state index is 0.0196. The summed E-state index contributed by atoms with van der Waals surface area (Å²) < 4.78 is 178. The average molecular weight is 584 g/mol. The molecule has 0 unspecified atom stereocenters. The van der Waals surface area contributed by atoms with Crippen molar-refractivity contribution >= 4 is 11.7 Å². The van der Waals surface area contributed by atoms with E-state index in [1.54, 1.807) is 6.07 Å². The van der Waals surface area contributed by atoms with Crippen LogP contribution in [-0.2, 0) is 15.5 Å². The van der Waals surface area contributed by atoms with Crippen LogP contribution in [0.3, 0.4) is 0 Å². The van der Waals surface area contributed by atoms with Gasteiger partial charge in [-0.25, -0.2) is 4.79 Å². The van der Waals surface area contributed by atoms with E-state index in [1.807, 2.05) is 0 Å². The summed E-state index contributed by atoms with van der Waals surface area (Å²) >= 11 is 0. The summed E-state index contributed by atoms with van der Waals surface area (Å²) in [6, 6.07) is 2.77. The number of nitrogens with zero attached hydrogens (tertiary/aromatic N) is 2. The predicted molar refractivity (Wildman–Crippen MR) is 106 cm³/mol. The van der Waals surface area contributed by atoms with Crippen LogP contribution in [0.2, 0.25) is 0 Å². The van der Waals surface area contributed by atoms with Crippen molar-refractivity contribution in [1.82, 2.24) is 0 Å². The second-order valence-electron chi connectivity index (χ2n) is 7.62. The maximum atomic E-state index is 14.3. The zero-order valence-electron chi connectivity index (χ0n) is 19.0. The lowest BCUT2D eigenvalue weighted by Crippen LogP contribution is -2.69. The van der Waals surface area contributed by atoms with E-state index in [0.717, 1.165) is 29.5 Å². The summed E-state index contributed by atoms with van der Waals surface area (Å²) in [5.74, 6) is -38.5. The Morgan fingerprint density at radius 2 is 1.26 bits per heavy atom. The lowest BCUT2D eigenvalue weighted by atomic mass is 9.90. The topological polar surface area (TPSA) is 53.3 Å². The van der Waals surface area contributed by atoms with Crippen molar-refractivity contribution in [3.8, 4) is 6.07 Å². The summed E-state index contributed by atoms with van der Waals surface area (Å²) in [6.07, 6.45) is -2.91. The van der Waals surface area contributed by atoms with E-state index in [0.29, 0.717) is 12.1 Å². The minimum Gasteiger partial charge on any atom is -0.462 e. The lowest BCUT2D eigenvalue weighted by molar-refractivity contribution is -0.441. The highest BCUT2D eigenvalue weighted by atomic mass is 19.4. The molecule has 39 heavy (non-hydrogen) atoms. The number of esters is 1. The Hall–Kier alpha value is -3.71. The smallest absolute Gasteiger partial charge is 0.460 e. The Morgan fingerprint density at radius 3 is 1.67 bits per heavy atom. The predicted octanol–water partition coefficient (Wildman–Crippen LogP) is 7.11. The van der Waals surface area contributed by atoms with E-state index in [-0.39, 0.29) is 30.0 Å². The molecule has 1 aliphatic heterocycles. The SMILES string of the molecule is CCOC(=O)C(C#N)=C1C=CN(c2ccc(C(F)(F)C(F)(F)C(F)(F)C(F)(F)C(F)(F)C(F)(F)F)cc2)C=C1. The number of carbonyl (C=O) groups is 1. The first-order valence-electron chi connectivity index (χ1n) is 10.1. The molecule has 0 atom stereocenters. The number of allylic oxidation sites excluding steroid dienone is 3. The lowest BCUT2D eigenvalue weighted by Gasteiger charge is -2.39. The fourth-order valence-electron chi connectivity index (χ4n) is 2.99. The number of hydrogen-bond acceptors (Lipinski definition) is 4. The van der Waals surface area contributed by atoms with E-state index in [2.05, 4.69) is 4.74 Å². The van der Waals surface area contributed by atoms with Crippen LogP contribution in [0.4, 0.5) is 62.8 Å². The number of nitriles is 1. The van der Waals surface area contributed by atoms with E-state index in [1.165, 1.54) is 6.92 Å². The number of anilines is 1. The number of carbonyl (C=O) groups excluding carboxylic acids is 1. The Bertz CT molecular complexity index is 1210. The third kappa shape index (κ3) is 5.03. The van der Waals surface area contributed by atoms with Crippen molar-refractivity contribution in [3.63, 3.8) is 0 Å². The first-order valence-corrected chi connectivity index (χ1v) is 10.1. The first-order chi connectivity index (χ1) is 17.6. The van der Waals surface area contributed by atoms with Crippen LogP contribution in [-0.4, -0.2) is 42.4 Å². The van der Waals surface area contributed by atoms with Gasteiger partial charge in [0.1, 0.15) is 11.6 Å². The highest BCUT2D eigenvalue weighted by Crippen LogP contribution is 2.62. The summed E-state index contributed by atoms with van der Waals surface area (Å²) in [6.45, 7) is 1.42. The van der Waals surface area contributed by atoms with Crippen molar-refractivity contribution < 1.29 is 66.6 Å². The fraction of sp³-hybridized carbons (Fsp3) is 0.364. The second-order valence-corrected chi connectivity index (χ2v) is 7.62. The van der Waals surface area contributed by atoms with Crippen molar-refractivity contribution in [1.29, 1.82) is 5.26 Å². The molecule has 214 valence electrons. The number of benzene rings is 1. The van der Waals surface area contributed by atoms with Gasteiger partial charge >= 0.3 is 41.8 Å². The number of hydrogen-bond donors (Lipinski definition) is 0. The van der Waals surface area contributed by atoms with Gasteiger partial charge in [0.2, 0.25) is 0 Å². The van der Waals surface area contributed by atoms with Crippen LogP contribution in [0.1, 0.15) is 12.5 Å². The Morgan fingerprint density at radius 1 is 0.795 bits per heavy atom. The molecule has 0 aliphatic carbocycles. The maximum Gasteiger partial charge on any atom is 0.460 e. The Kier molecular flexibility index (Phi) is 8.17. The highest BCUT2D eigenvalue weighted by Gasteiger charge is 2.90. The molecular formula is C22H13F13N2O2. The quantitative estimate of drug-likeness (QED) is 0.142. The Balaban J connectivity index is 2.40. The van der Waals surface area contributed by atoms with Gasteiger partial charge in [-0.15, -0.1) is 0 Å². The molecule has 0 bridgehead atoms. The molecular weight excluding hydrogens is 571 g/mol. The molecule has 0 fully saturated rings. The normalized spacial score (nSPS) is 15.3. The number of halogens is 13. The molecule has 0 amide bonds. The molecule has 1 aromatic carbocycles. The van der Waals surface area contributed by atoms with Gasteiger partial charge in [0, 0.05) is 29.2 Å². The van der Waals surface area contributed by atoms with Crippen molar-refractivity contribution in [2.75, 3.05) is 11.5 Å². The molecule has 0 spiro atoms. The molecule has 1 heterocycles. The van der Waals surface area contributed by atoms with Gasteiger partial charge in [-0.1, -0.05) is 12.1 Å². The maximum absolute atomic E-state index is 14.3. The van der Waals surface area contributed by atoms with Gasteiger partial charge in [-0.3, -0.25) is 0 Å². The average Bonchev–Trinajstić information content (AvgIpc) is 2.84. The van der Waals surface area contributed by atoms with Crippen LogP contribution >= 0.6 is 0 Å².